The molecule has 0 amide bonds. The van der Waals surface area contributed by atoms with Crippen molar-refractivity contribution in [3.8, 4) is 0 Å². The van der Waals surface area contributed by atoms with Crippen LogP contribution in [0.15, 0.2) is 41.0 Å². The Kier molecular flexibility index (Phi) is 3.05. The van der Waals surface area contributed by atoms with E-state index in [1.54, 1.807) is 12.3 Å². The van der Waals surface area contributed by atoms with Gasteiger partial charge in [-0.2, -0.15) is 0 Å². The fourth-order valence-corrected chi connectivity index (χ4v) is 1.63. The number of nitrogens with one attached hydrogen (secondary N) is 1. The van der Waals surface area contributed by atoms with Crippen molar-refractivity contribution in [1.29, 1.82) is 0 Å². The van der Waals surface area contributed by atoms with E-state index >= 15 is 0 Å². The van der Waals surface area contributed by atoms with Gasteiger partial charge >= 0.3 is 0 Å². The molecule has 3 N–H and O–H groups in total. The van der Waals surface area contributed by atoms with Crippen LogP contribution in [0.4, 0.5) is 5.82 Å². The van der Waals surface area contributed by atoms with Gasteiger partial charge in [0, 0.05) is 12.3 Å². The van der Waals surface area contributed by atoms with Gasteiger partial charge < -0.3 is 5.43 Å². The molecule has 2 rings (SSSR count). The van der Waals surface area contributed by atoms with Gasteiger partial charge in [-0.05, 0) is 17.8 Å². The van der Waals surface area contributed by atoms with Crippen LogP contribution in [0.5, 0.6) is 0 Å². The van der Waals surface area contributed by atoms with Crippen LogP contribution in [0, 0.1) is 0 Å². The lowest BCUT2D eigenvalue weighted by atomic mass is 10.6. The molecule has 2 aromatic heterocycles. The highest BCUT2D eigenvalue weighted by atomic mass is 32.2. The third-order valence-corrected chi connectivity index (χ3v) is 2.44. The van der Waals surface area contributed by atoms with Crippen molar-refractivity contribution < 1.29 is 0 Å². The number of hydrazine groups is 1. The predicted octanol–water partition coefficient (Wildman–Crippen LogP) is 0.703. The number of hydrogen-bond acceptors (Lipinski definition) is 7. The topological polar surface area (TPSA) is 89.6 Å². The molecule has 0 fully saturated rings. The van der Waals surface area contributed by atoms with E-state index in [-0.39, 0.29) is 0 Å². The van der Waals surface area contributed by atoms with Crippen molar-refractivity contribution >= 4 is 17.6 Å². The maximum atomic E-state index is 5.24. The Morgan fingerprint density at radius 1 is 1.13 bits per heavy atom. The summed E-state index contributed by atoms with van der Waals surface area (Å²) in [7, 11) is 0. The minimum atomic E-state index is 0.571. The summed E-state index contributed by atoms with van der Waals surface area (Å²) < 4.78 is 0. The molecule has 76 valence electrons. The van der Waals surface area contributed by atoms with E-state index in [0.29, 0.717) is 5.82 Å². The molecule has 0 unspecified atom stereocenters. The zero-order valence-corrected chi connectivity index (χ0v) is 8.48. The number of nitrogens with two attached hydrogens (primary N) is 1. The van der Waals surface area contributed by atoms with Gasteiger partial charge in [0.05, 0.1) is 0 Å². The molecular weight excluding hydrogens is 212 g/mol. The molecule has 0 aromatic carbocycles. The van der Waals surface area contributed by atoms with Crippen LogP contribution in [0.2, 0.25) is 0 Å². The first-order valence-electron chi connectivity index (χ1n) is 4.11. The smallest absolute Gasteiger partial charge is 0.144 e. The SMILES string of the molecule is NNc1cc(Sc2ccncn2)ncn1. The van der Waals surface area contributed by atoms with Gasteiger partial charge in [-0.3, -0.25) is 0 Å². The van der Waals surface area contributed by atoms with Crippen LogP contribution in [0.25, 0.3) is 0 Å². The van der Waals surface area contributed by atoms with E-state index in [9.17, 15) is 0 Å². The van der Waals surface area contributed by atoms with E-state index in [1.807, 2.05) is 6.07 Å². The van der Waals surface area contributed by atoms with Crippen molar-refractivity contribution in [3.05, 3.63) is 31.0 Å². The molecule has 0 saturated heterocycles. The largest absolute Gasteiger partial charge is 0.308 e. The fraction of sp³-hybridized carbons (Fsp3) is 0. The molecule has 15 heavy (non-hydrogen) atoms. The number of nitrogen functional groups attached to an aromatic ring is 1. The number of anilines is 1. The molecule has 2 heterocycles. The van der Waals surface area contributed by atoms with Crippen LogP contribution >= 0.6 is 11.8 Å². The van der Waals surface area contributed by atoms with Gasteiger partial charge in [0.25, 0.3) is 0 Å². The molecule has 0 saturated carbocycles. The summed E-state index contributed by atoms with van der Waals surface area (Å²) in [5.74, 6) is 5.81. The Morgan fingerprint density at radius 2 is 2.00 bits per heavy atom. The molecule has 0 spiro atoms. The first-order valence-corrected chi connectivity index (χ1v) is 4.92. The Hall–Kier alpha value is -1.73. The van der Waals surface area contributed by atoms with Gasteiger partial charge in [-0.1, -0.05) is 0 Å². The molecule has 2 aromatic rings. The molecule has 0 bridgehead atoms. The van der Waals surface area contributed by atoms with Crippen LogP contribution in [0.3, 0.4) is 0 Å². The molecule has 0 radical (unpaired) electrons. The Balaban J connectivity index is 2.17. The van der Waals surface area contributed by atoms with Crippen molar-refractivity contribution in [2.24, 2.45) is 5.84 Å². The highest BCUT2D eigenvalue weighted by Crippen LogP contribution is 2.23. The second-order valence-corrected chi connectivity index (χ2v) is 3.58. The Labute approximate surface area is 90.4 Å². The average molecular weight is 220 g/mol. The molecule has 6 nitrogen and oxygen atoms in total. The summed E-state index contributed by atoms with van der Waals surface area (Å²) in [6.45, 7) is 0. The first-order chi connectivity index (χ1) is 7.38. The predicted molar refractivity (Wildman–Crippen MR) is 56.0 cm³/mol. The average Bonchev–Trinajstić information content (AvgIpc) is 2.31. The van der Waals surface area contributed by atoms with Gasteiger partial charge in [0.2, 0.25) is 0 Å². The fourth-order valence-electron chi connectivity index (χ4n) is 0.920. The number of rotatable bonds is 3. The van der Waals surface area contributed by atoms with E-state index in [2.05, 4.69) is 25.4 Å². The zero-order chi connectivity index (χ0) is 10.5. The highest BCUT2D eigenvalue weighted by molar-refractivity contribution is 7.99. The van der Waals surface area contributed by atoms with Gasteiger partial charge in [0.15, 0.2) is 0 Å². The molecular formula is C8H8N6S. The summed E-state index contributed by atoms with van der Waals surface area (Å²) in [6.07, 6.45) is 4.61. The van der Waals surface area contributed by atoms with Crippen molar-refractivity contribution in [2.45, 2.75) is 10.1 Å². The third kappa shape index (κ3) is 2.61. The van der Waals surface area contributed by atoms with Gasteiger partial charge in [-0.25, -0.2) is 25.8 Å². The summed E-state index contributed by atoms with van der Waals surface area (Å²) in [5.41, 5.74) is 2.46. The Morgan fingerprint density at radius 3 is 2.73 bits per heavy atom. The monoisotopic (exact) mass is 220 g/mol. The lowest BCUT2D eigenvalue weighted by molar-refractivity contribution is 1.01. The molecule has 0 atom stereocenters. The minimum absolute atomic E-state index is 0.571. The van der Waals surface area contributed by atoms with Crippen LogP contribution in [0.1, 0.15) is 0 Å². The van der Waals surface area contributed by atoms with Crippen LogP contribution in [-0.4, -0.2) is 19.9 Å². The van der Waals surface area contributed by atoms with Gasteiger partial charge in [0.1, 0.15) is 28.5 Å². The van der Waals surface area contributed by atoms with Crippen LogP contribution in [-0.2, 0) is 0 Å². The second-order valence-electron chi connectivity index (χ2n) is 2.54. The third-order valence-electron chi connectivity index (χ3n) is 1.55. The lowest BCUT2D eigenvalue weighted by Crippen LogP contribution is -2.08. The highest BCUT2D eigenvalue weighted by Gasteiger charge is 2.00. The second kappa shape index (κ2) is 4.67. The molecule has 0 aliphatic heterocycles. The molecule has 0 aliphatic carbocycles. The first kappa shape index (κ1) is 9.81. The number of hydrogen-bond donors (Lipinski definition) is 2. The van der Waals surface area contributed by atoms with Crippen LogP contribution < -0.4 is 11.3 Å². The minimum Gasteiger partial charge on any atom is -0.308 e. The summed E-state index contributed by atoms with van der Waals surface area (Å²) >= 11 is 1.42. The van der Waals surface area contributed by atoms with E-state index in [4.69, 9.17) is 5.84 Å². The van der Waals surface area contributed by atoms with E-state index in [1.165, 1.54) is 24.4 Å². The zero-order valence-electron chi connectivity index (χ0n) is 7.66. The number of nitrogens with zero attached hydrogens (tertiary/aromatic N) is 4. The Bertz CT molecular complexity index is 434. The maximum Gasteiger partial charge on any atom is 0.144 e. The number of aromatic nitrogens is 4. The summed E-state index contributed by atoms with van der Waals surface area (Å²) in [6, 6.07) is 3.55. The quantitative estimate of drug-likeness (QED) is 0.447. The normalized spacial score (nSPS) is 9.93. The van der Waals surface area contributed by atoms with Crippen molar-refractivity contribution in [2.75, 3.05) is 5.43 Å². The summed E-state index contributed by atoms with van der Waals surface area (Å²) in [4.78, 5) is 15.9. The summed E-state index contributed by atoms with van der Waals surface area (Å²) in [5, 5.41) is 1.60. The van der Waals surface area contributed by atoms with E-state index < -0.39 is 0 Å². The molecule has 0 aliphatic rings. The van der Waals surface area contributed by atoms with E-state index in [0.717, 1.165) is 10.1 Å². The molecule has 7 heteroatoms. The standard InChI is InChI=1S/C8H8N6S/c9-14-6-3-8(13-5-11-6)15-7-1-2-10-4-12-7/h1-5H,9H2,(H,11,13,14). The lowest BCUT2D eigenvalue weighted by Gasteiger charge is -2.01. The van der Waals surface area contributed by atoms with Crippen molar-refractivity contribution in [3.63, 3.8) is 0 Å². The van der Waals surface area contributed by atoms with Gasteiger partial charge in [-0.15, -0.1) is 0 Å². The van der Waals surface area contributed by atoms with Crippen molar-refractivity contribution in [1.82, 2.24) is 19.9 Å². The maximum absolute atomic E-state index is 5.24.